The van der Waals surface area contributed by atoms with Gasteiger partial charge in [-0.25, -0.2) is 9.59 Å². The van der Waals surface area contributed by atoms with E-state index >= 15 is 0 Å². The molecule has 2 aromatic rings. The van der Waals surface area contributed by atoms with Crippen LogP contribution in [0, 0.1) is 11.8 Å². The molecule has 0 heterocycles. The fourth-order valence-electron chi connectivity index (χ4n) is 4.06. The third-order valence-electron chi connectivity index (χ3n) is 5.96. The number of carbonyl (C=O) groups is 3. The summed E-state index contributed by atoms with van der Waals surface area (Å²) in [6.45, 7) is 1.74. The molecule has 1 unspecified atom stereocenters. The number of benzene rings is 2. The summed E-state index contributed by atoms with van der Waals surface area (Å²) >= 11 is 0. The summed E-state index contributed by atoms with van der Waals surface area (Å²) in [5, 5.41) is 14.4. The van der Waals surface area contributed by atoms with E-state index in [1.54, 1.807) is 6.92 Å². The standard InChI is InChI=1S/C25H24N2O5/c1-2-3-12-21(22(28)29)26-23(30)25(13-14-25)27-24(31)32-15-20-18-10-6-4-8-16(18)17-9-5-7-11-19(17)20/h4-11,20-21H,12-15H2,1H3,(H,26,30)(H,27,31)(H,28,29). The van der Waals surface area contributed by atoms with E-state index in [4.69, 9.17) is 4.74 Å². The van der Waals surface area contributed by atoms with Gasteiger partial charge in [-0.15, -0.1) is 11.8 Å². The lowest BCUT2D eigenvalue weighted by molar-refractivity contribution is -0.142. The third kappa shape index (κ3) is 4.17. The number of ether oxygens (including phenoxy) is 1. The van der Waals surface area contributed by atoms with E-state index in [0.29, 0.717) is 12.8 Å². The Labute approximate surface area is 186 Å². The highest BCUT2D eigenvalue weighted by Gasteiger charge is 2.52. The summed E-state index contributed by atoms with van der Waals surface area (Å²) in [6, 6.07) is 14.9. The first-order valence-corrected chi connectivity index (χ1v) is 10.5. The van der Waals surface area contributed by atoms with Crippen molar-refractivity contribution < 1.29 is 24.2 Å². The minimum Gasteiger partial charge on any atom is -0.480 e. The van der Waals surface area contributed by atoms with Crippen LogP contribution in [0.15, 0.2) is 48.5 Å². The molecule has 32 heavy (non-hydrogen) atoms. The number of hydrogen-bond acceptors (Lipinski definition) is 4. The molecule has 164 valence electrons. The van der Waals surface area contributed by atoms with Crippen LogP contribution < -0.4 is 10.6 Å². The molecule has 0 spiro atoms. The number of fused-ring (bicyclic) bond motifs is 3. The van der Waals surface area contributed by atoms with Crippen LogP contribution in [0.2, 0.25) is 0 Å². The van der Waals surface area contributed by atoms with Gasteiger partial charge in [-0.2, -0.15) is 0 Å². The molecule has 7 heteroatoms. The number of carbonyl (C=O) groups excluding carboxylic acids is 2. The quantitative estimate of drug-likeness (QED) is 0.584. The molecule has 0 radical (unpaired) electrons. The maximum absolute atomic E-state index is 12.6. The van der Waals surface area contributed by atoms with E-state index in [9.17, 15) is 19.5 Å². The molecule has 7 nitrogen and oxygen atoms in total. The van der Waals surface area contributed by atoms with Crippen molar-refractivity contribution in [3.63, 3.8) is 0 Å². The molecule has 0 saturated heterocycles. The first-order chi connectivity index (χ1) is 15.4. The largest absolute Gasteiger partial charge is 0.480 e. The zero-order chi connectivity index (χ0) is 22.7. The van der Waals surface area contributed by atoms with E-state index in [1.807, 2.05) is 36.4 Å². The van der Waals surface area contributed by atoms with Crippen LogP contribution >= 0.6 is 0 Å². The zero-order valence-electron chi connectivity index (χ0n) is 17.7. The molecule has 2 aliphatic rings. The number of hydrogen-bond donors (Lipinski definition) is 3. The fourth-order valence-corrected chi connectivity index (χ4v) is 4.06. The van der Waals surface area contributed by atoms with Crippen molar-refractivity contribution in [2.24, 2.45) is 0 Å². The fraction of sp³-hybridized carbons (Fsp3) is 0.320. The van der Waals surface area contributed by atoms with Gasteiger partial charge in [-0.05, 0) is 42.0 Å². The second-order valence-electron chi connectivity index (χ2n) is 8.03. The summed E-state index contributed by atoms with van der Waals surface area (Å²) in [6.07, 6.45) is 0.155. The van der Waals surface area contributed by atoms with Gasteiger partial charge in [0.25, 0.3) is 0 Å². The van der Waals surface area contributed by atoms with Gasteiger partial charge in [-0.3, -0.25) is 4.79 Å². The zero-order valence-corrected chi connectivity index (χ0v) is 17.7. The summed E-state index contributed by atoms with van der Waals surface area (Å²) in [7, 11) is 0. The van der Waals surface area contributed by atoms with Crippen LogP contribution in [-0.2, 0) is 14.3 Å². The molecule has 1 atom stereocenters. The molecule has 1 saturated carbocycles. The van der Waals surface area contributed by atoms with Gasteiger partial charge in [0.05, 0.1) is 0 Å². The summed E-state index contributed by atoms with van der Waals surface area (Å²) in [5.41, 5.74) is 3.33. The number of nitrogens with one attached hydrogen (secondary N) is 2. The monoisotopic (exact) mass is 432 g/mol. The van der Waals surface area contributed by atoms with Gasteiger partial charge in [0.1, 0.15) is 18.2 Å². The number of carboxylic acids is 1. The predicted octanol–water partition coefficient (Wildman–Crippen LogP) is 3.04. The van der Waals surface area contributed by atoms with Crippen molar-refractivity contribution in [1.29, 1.82) is 0 Å². The Morgan fingerprint density at radius 3 is 2.22 bits per heavy atom. The van der Waals surface area contributed by atoms with E-state index in [0.717, 1.165) is 22.3 Å². The van der Waals surface area contributed by atoms with Crippen molar-refractivity contribution in [3.05, 3.63) is 59.7 Å². The average molecular weight is 432 g/mol. The minimum absolute atomic E-state index is 0.00139. The van der Waals surface area contributed by atoms with E-state index < -0.39 is 29.6 Å². The van der Waals surface area contributed by atoms with Gasteiger partial charge >= 0.3 is 12.1 Å². The Hall–Kier alpha value is -3.79. The SMILES string of the molecule is CC#CCC(NC(=O)C1(NC(=O)OCC2c3ccccc3-c3ccccc32)CC1)C(=O)O. The van der Waals surface area contributed by atoms with Crippen molar-refractivity contribution in [2.45, 2.75) is 43.7 Å². The predicted molar refractivity (Wildman–Crippen MR) is 118 cm³/mol. The number of rotatable bonds is 7. The smallest absolute Gasteiger partial charge is 0.408 e. The molecular weight excluding hydrogens is 408 g/mol. The molecular formula is C25H24N2O5. The highest BCUT2D eigenvalue weighted by molar-refractivity contribution is 5.95. The molecule has 0 aliphatic heterocycles. The highest BCUT2D eigenvalue weighted by atomic mass is 16.5. The molecule has 2 aliphatic carbocycles. The number of carboxylic acid groups (broad SMARTS) is 1. The molecule has 0 bridgehead atoms. The first kappa shape index (κ1) is 21.4. The average Bonchev–Trinajstić information content (AvgIpc) is 3.50. The van der Waals surface area contributed by atoms with Gasteiger partial charge in [-0.1, -0.05) is 48.5 Å². The van der Waals surface area contributed by atoms with E-state index in [2.05, 4.69) is 34.6 Å². The van der Waals surface area contributed by atoms with Gasteiger partial charge in [0, 0.05) is 12.3 Å². The molecule has 3 N–H and O–H groups in total. The lowest BCUT2D eigenvalue weighted by Gasteiger charge is -2.20. The molecule has 2 amide bonds. The first-order valence-electron chi connectivity index (χ1n) is 10.5. The molecule has 1 fully saturated rings. The van der Waals surface area contributed by atoms with Crippen LogP contribution in [0.3, 0.4) is 0 Å². The topological polar surface area (TPSA) is 105 Å². The maximum atomic E-state index is 12.6. The van der Waals surface area contributed by atoms with Crippen LogP contribution in [0.4, 0.5) is 4.79 Å². The second kappa shape index (κ2) is 8.75. The number of alkyl carbamates (subject to hydrolysis) is 1. The van der Waals surface area contributed by atoms with E-state index in [1.165, 1.54) is 0 Å². The van der Waals surface area contributed by atoms with Gasteiger partial charge < -0.3 is 20.5 Å². The van der Waals surface area contributed by atoms with Crippen LogP contribution in [0.1, 0.15) is 43.2 Å². The van der Waals surface area contributed by atoms with Crippen LogP contribution in [0.5, 0.6) is 0 Å². The Morgan fingerprint density at radius 1 is 1.09 bits per heavy atom. The lowest BCUT2D eigenvalue weighted by Crippen LogP contribution is -2.53. The normalized spacial score (nSPS) is 15.9. The van der Waals surface area contributed by atoms with Gasteiger partial charge in [0.2, 0.25) is 5.91 Å². The number of amides is 2. The van der Waals surface area contributed by atoms with Crippen LogP contribution in [-0.4, -0.2) is 41.3 Å². The van der Waals surface area contributed by atoms with Crippen molar-refractivity contribution in [1.82, 2.24) is 10.6 Å². The van der Waals surface area contributed by atoms with Crippen molar-refractivity contribution in [2.75, 3.05) is 6.61 Å². The molecule has 0 aromatic heterocycles. The van der Waals surface area contributed by atoms with Crippen LogP contribution in [0.25, 0.3) is 11.1 Å². The molecule has 4 rings (SSSR count). The van der Waals surface area contributed by atoms with E-state index in [-0.39, 0.29) is 18.9 Å². The van der Waals surface area contributed by atoms with Crippen molar-refractivity contribution in [3.8, 4) is 23.0 Å². The Morgan fingerprint density at radius 2 is 1.69 bits per heavy atom. The minimum atomic E-state index is -1.17. The lowest BCUT2D eigenvalue weighted by atomic mass is 9.98. The third-order valence-corrected chi connectivity index (χ3v) is 5.96. The summed E-state index contributed by atoms with van der Waals surface area (Å²) < 4.78 is 5.51. The second-order valence-corrected chi connectivity index (χ2v) is 8.03. The number of aliphatic carboxylic acids is 1. The summed E-state index contributed by atoms with van der Waals surface area (Å²) in [4.78, 5) is 36.5. The maximum Gasteiger partial charge on any atom is 0.408 e. The molecule has 2 aromatic carbocycles. The van der Waals surface area contributed by atoms with Crippen molar-refractivity contribution >= 4 is 18.0 Å². The Balaban J connectivity index is 1.39. The Bertz CT molecular complexity index is 1080. The van der Waals surface area contributed by atoms with Gasteiger partial charge in [0.15, 0.2) is 0 Å². The highest BCUT2D eigenvalue weighted by Crippen LogP contribution is 2.44. The summed E-state index contributed by atoms with van der Waals surface area (Å²) in [5.74, 6) is 3.49. The Kier molecular flexibility index (Phi) is 5.87.